The van der Waals surface area contributed by atoms with E-state index < -0.39 is 9.84 Å². The smallest absolute Gasteiger partial charge is 0.260 e. The molecule has 100 valence electrons. The Kier molecular flexibility index (Phi) is 2.74. The van der Waals surface area contributed by atoms with E-state index in [9.17, 15) is 8.42 Å². The van der Waals surface area contributed by atoms with Gasteiger partial charge in [0.15, 0.2) is 15.7 Å². The number of hydrogen-bond donors (Lipinski definition) is 1. The van der Waals surface area contributed by atoms with Crippen LogP contribution in [0.4, 0.5) is 5.69 Å². The first-order valence-corrected chi connectivity index (χ1v) is 7.61. The first-order valence-electron chi connectivity index (χ1n) is 5.79. The van der Waals surface area contributed by atoms with Gasteiger partial charge in [0, 0.05) is 12.1 Å². The topological polar surface area (TPSA) is 112 Å². The third kappa shape index (κ3) is 2.30. The second kappa shape index (κ2) is 4.30. The fourth-order valence-corrected chi connectivity index (χ4v) is 3.85. The van der Waals surface area contributed by atoms with Crippen molar-refractivity contribution >= 4 is 15.5 Å². The van der Waals surface area contributed by atoms with E-state index in [1.54, 1.807) is 12.3 Å². The molecule has 1 fully saturated rings. The van der Waals surface area contributed by atoms with Crippen LogP contribution in [0.2, 0.25) is 0 Å². The van der Waals surface area contributed by atoms with Gasteiger partial charge in [-0.1, -0.05) is 5.16 Å². The molecule has 0 aliphatic carbocycles. The maximum atomic E-state index is 11.4. The minimum Gasteiger partial charge on any atom is -0.397 e. The van der Waals surface area contributed by atoms with Gasteiger partial charge in [-0.15, -0.1) is 0 Å². The third-order valence-corrected chi connectivity index (χ3v) is 4.89. The van der Waals surface area contributed by atoms with E-state index in [-0.39, 0.29) is 17.4 Å². The number of rotatable bonds is 2. The normalized spacial score (nSPS) is 21.6. The molecule has 1 unspecified atom stereocenters. The lowest BCUT2D eigenvalue weighted by Gasteiger charge is -1.99. The fourth-order valence-electron chi connectivity index (χ4n) is 2.11. The zero-order valence-corrected chi connectivity index (χ0v) is 10.8. The summed E-state index contributed by atoms with van der Waals surface area (Å²) in [4.78, 5) is 8.12. The van der Waals surface area contributed by atoms with E-state index in [2.05, 4.69) is 15.1 Å². The number of nitrogen functional groups attached to an aromatic ring is 1. The molecule has 2 N–H and O–H groups in total. The number of aromatic nitrogens is 3. The summed E-state index contributed by atoms with van der Waals surface area (Å²) in [6.07, 6.45) is 3.61. The summed E-state index contributed by atoms with van der Waals surface area (Å²) < 4.78 is 28.0. The van der Waals surface area contributed by atoms with Crippen LogP contribution in [-0.4, -0.2) is 35.0 Å². The lowest BCUT2D eigenvalue weighted by molar-refractivity contribution is 0.418. The number of hydrogen-bond acceptors (Lipinski definition) is 7. The largest absolute Gasteiger partial charge is 0.397 e. The summed E-state index contributed by atoms with van der Waals surface area (Å²) in [6, 6.07) is 1.68. The molecule has 1 saturated heterocycles. The molecule has 0 amide bonds. The second-order valence-electron chi connectivity index (χ2n) is 4.52. The second-order valence-corrected chi connectivity index (χ2v) is 6.75. The molecule has 0 saturated carbocycles. The highest BCUT2D eigenvalue weighted by molar-refractivity contribution is 7.91. The Labute approximate surface area is 109 Å². The maximum Gasteiger partial charge on any atom is 0.260 e. The molecule has 2 aromatic rings. The van der Waals surface area contributed by atoms with Crippen LogP contribution in [-0.2, 0) is 9.84 Å². The van der Waals surface area contributed by atoms with Crippen LogP contribution in [0.5, 0.6) is 0 Å². The van der Waals surface area contributed by atoms with Crippen molar-refractivity contribution in [2.45, 2.75) is 12.3 Å². The monoisotopic (exact) mass is 280 g/mol. The van der Waals surface area contributed by atoms with Crippen LogP contribution in [0.1, 0.15) is 18.2 Å². The van der Waals surface area contributed by atoms with Crippen molar-refractivity contribution in [1.82, 2.24) is 15.1 Å². The van der Waals surface area contributed by atoms with Gasteiger partial charge in [0.05, 0.1) is 29.0 Å². The summed E-state index contributed by atoms with van der Waals surface area (Å²) in [7, 11) is -2.96. The van der Waals surface area contributed by atoms with Crippen molar-refractivity contribution in [3.05, 3.63) is 24.3 Å². The van der Waals surface area contributed by atoms with E-state index in [4.69, 9.17) is 10.3 Å². The van der Waals surface area contributed by atoms with Crippen LogP contribution in [0, 0.1) is 0 Å². The van der Waals surface area contributed by atoms with Crippen LogP contribution in [0.15, 0.2) is 23.0 Å². The predicted octanol–water partition coefficient (Wildman–Crippen LogP) is 0.616. The quantitative estimate of drug-likeness (QED) is 0.857. The Bertz CT molecular complexity index is 710. The summed E-state index contributed by atoms with van der Waals surface area (Å²) in [6.45, 7) is 0. The first kappa shape index (κ1) is 12.1. The Morgan fingerprint density at radius 1 is 1.42 bits per heavy atom. The average molecular weight is 280 g/mol. The minimum atomic E-state index is -2.96. The van der Waals surface area contributed by atoms with Gasteiger partial charge in [0.2, 0.25) is 0 Å². The van der Waals surface area contributed by atoms with Crippen LogP contribution in [0.3, 0.4) is 0 Å². The first-order chi connectivity index (χ1) is 9.05. The molecule has 3 rings (SSSR count). The number of nitrogens with zero attached hydrogens (tertiary/aromatic N) is 3. The Morgan fingerprint density at radius 2 is 2.26 bits per heavy atom. The maximum absolute atomic E-state index is 11.4. The lowest BCUT2D eigenvalue weighted by Crippen LogP contribution is -2.05. The van der Waals surface area contributed by atoms with E-state index in [1.807, 2.05) is 0 Å². The van der Waals surface area contributed by atoms with Gasteiger partial charge in [-0.3, -0.25) is 4.98 Å². The minimum absolute atomic E-state index is 0.0812. The van der Waals surface area contributed by atoms with Gasteiger partial charge in [0.25, 0.3) is 5.89 Å². The van der Waals surface area contributed by atoms with Crippen molar-refractivity contribution in [1.29, 1.82) is 0 Å². The highest BCUT2D eigenvalue weighted by atomic mass is 32.2. The molecule has 8 heteroatoms. The Balaban J connectivity index is 1.91. The summed E-state index contributed by atoms with van der Waals surface area (Å²) in [5.74, 6) is 0.786. The van der Waals surface area contributed by atoms with Crippen LogP contribution in [0.25, 0.3) is 11.5 Å². The summed E-state index contributed by atoms with van der Waals surface area (Å²) in [5, 5.41) is 3.85. The molecular formula is C11H12N4O3S. The highest BCUT2D eigenvalue weighted by Crippen LogP contribution is 2.29. The summed E-state index contributed by atoms with van der Waals surface area (Å²) in [5.41, 5.74) is 6.82. The molecule has 1 aliphatic rings. The number of anilines is 1. The molecule has 1 atom stereocenters. The van der Waals surface area contributed by atoms with Gasteiger partial charge >= 0.3 is 0 Å². The lowest BCUT2D eigenvalue weighted by atomic mass is 10.1. The van der Waals surface area contributed by atoms with Gasteiger partial charge in [-0.25, -0.2) is 8.42 Å². The van der Waals surface area contributed by atoms with Crippen molar-refractivity contribution in [3.8, 4) is 11.5 Å². The molecule has 19 heavy (non-hydrogen) atoms. The number of nitrogens with two attached hydrogens (primary N) is 1. The molecule has 1 aliphatic heterocycles. The van der Waals surface area contributed by atoms with Crippen LogP contribution >= 0.6 is 0 Å². The van der Waals surface area contributed by atoms with Gasteiger partial charge in [-0.05, 0) is 12.5 Å². The number of sulfone groups is 1. The SMILES string of the molecule is Nc1cnccc1-c1nc(C2CCS(=O)(=O)C2)no1. The standard InChI is InChI=1S/C11H12N4O3S/c12-9-5-13-3-1-8(9)11-14-10(15-18-11)7-2-4-19(16,17)6-7/h1,3,5,7H,2,4,6,12H2. The van der Waals surface area contributed by atoms with E-state index in [1.165, 1.54) is 6.20 Å². The zero-order valence-electron chi connectivity index (χ0n) is 9.98. The average Bonchev–Trinajstić information content (AvgIpc) is 2.96. The van der Waals surface area contributed by atoms with Crippen molar-refractivity contribution < 1.29 is 12.9 Å². The third-order valence-electron chi connectivity index (χ3n) is 3.12. The molecule has 7 nitrogen and oxygen atoms in total. The van der Waals surface area contributed by atoms with E-state index in [0.29, 0.717) is 29.4 Å². The molecule has 0 bridgehead atoms. The Hall–Kier alpha value is -1.96. The van der Waals surface area contributed by atoms with Crippen molar-refractivity contribution in [3.63, 3.8) is 0 Å². The molecule has 0 radical (unpaired) electrons. The van der Waals surface area contributed by atoms with Gasteiger partial charge < -0.3 is 10.3 Å². The van der Waals surface area contributed by atoms with E-state index >= 15 is 0 Å². The number of pyridine rings is 1. The van der Waals surface area contributed by atoms with E-state index in [0.717, 1.165) is 0 Å². The molecular weight excluding hydrogens is 268 g/mol. The molecule has 2 aromatic heterocycles. The van der Waals surface area contributed by atoms with Crippen molar-refractivity contribution in [2.24, 2.45) is 0 Å². The predicted molar refractivity (Wildman–Crippen MR) is 68.0 cm³/mol. The zero-order chi connectivity index (χ0) is 13.5. The van der Waals surface area contributed by atoms with Crippen molar-refractivity contribution in [2.75, 3.05) is 17.2 Å². The van der Waals surface area contributed by atoms with Gasteiger partial charge in [-0.2, -0.15) is 4.98 Å². The molecule has 0 spiro atoms. The highest BCUT2D eigenvalue weighted by Gasteiger charge is 2.32. The molecule has 3 heterocycles. The molecule has 0 aromatic carbocycles. The van der Waals surface area contributed by atoms with Crippen LogP contribution < -0.4 is 5.73 Å². The van der Waals surface area contributed by atoms with Gasteiger partial charge in [0.1, 0.15) is 0 Å². The Morgan fingerprint density at radius 3 is 2.95 bits per heavy atom. The fraction of sp³-hybridized carbons (Fsp3) is 0.364. The summed E-state index contributed by atoms with van der Waals surface area (Å²) >= 11 is 0.